The summed E-state index contributed by atoms with van der Waals surface area (Å²) in [5.74, 6) is 0.343. The van der Waals surface area contributed by atoms with E-state index < -0.39 is 29.7 Å². The van der Waals surface area contributed by atoms with Crippen molar-refractivity contribution in [2.45, 2.75) is 71.7 Å². The summed E-state index contributed by atoms with van der Waals surface area (Å²) in [7, 11) is 0. The summed E-state index contributed by atoms with van der Waals surface area (Å²) in [4.78, 5) is 36.6. The lowest BCUT2D eigenvalue weighted by Gasteiger charge is -2.30. The van der Waals surface area contributed by atoms with E-state index in [1.165, 1.54) is 0 Å². The van der Waals surface area contributed by atoms with E-state index in [-0.39, 0.29) is 18.3 Å². The Kier molecular flexibility index (Phi) is 4.58. The molecule has 0 amide bonds. The van der Waals surface area contributed by atoms with Gasteiger partial charge >= 0.3 is 17.9 Å². The number of carbonyl (C=O) groups excluding carboxylic acids is 3. The fourth-order valence-corrected chi connectivity index (χ4v) is 4.60. The van der Waals surface area contributed by atoms with Crippen molar-refractivity contribution in [1.82, 2.24) is 0 Å². The molecule has 1 saturated heterocycles. The third-order valence-corrected chi connectivity index (χ3v) is 6.08. The van der Waals surface area contributed by atoms with Gasteiger partial charge in [0.2, 0.25) is 12.2 Å². The molecule has 0 radical (unpaired) electrons. The first-order valence-electron chi connectivity index (χ1n) is 9.20. The van der Waals surface area contributed by atoms with Gasteiger partial charge in [-0.05, 0) is 57.3 Å². The topological polar surface area (TPSA) is 78.9 Å². The average Bonchev–Trinajstić information content (AvgIpc) is 3.14. The Morgan fingerprint density at radius 2 is 1.72 bits per heavy atom. The van der Waals surface area contributed by atoms with Crippen LogP contribution in [0.15, 0.2) is 0 Å². The molecular weight excluding hydrogens is 324 g/mol. The van der Waals surface area contributed by atoms with Crippen LogP contribution in [-0.2, 0) is 28.6 Å². The van der Waals surface area contributed by atoms with Crippen molar-refractivity contribution in [2.75, 3.05) is 0 Å². The van der Waals surface area contributed by atoms with Gasteiger partial charge in [0.05, 0.1) is 5.92 Å². The Bertz CT molecular complexity index is 575. The largest absolute Gasteiger partial charge is 0.457 e. The second-order valence-corrected chi connectivity index (χ2v) is 8.84. The van der Waals surface area contributed by atoms with Crippen molar-refractivity contribution in [2.24, 2.45) is 29.6 Å². The van der Waals surface area contributed by atoms with Crippen LogP contribution in [0.25, 0.3) is 0 Å². The van der Waals surface area contributed by atoms with E-state index >= 15 is 0 Å². The third kappa shape index (κ3) is 3.53. The summed E-state index contributed by atoms with van der Waals surface area (Å²) in [5.41, 5.74) is -0.659. The predicted octanol–water partition coefficient (Wildman–Crippen LogP) is 2.48. The highest BCUT2D eigenvalue weighted by molar-refractivity contribution is 5.87. The van der Waals surface area contributed by atoms with Crippen LogP contribution in [0.4, 0.5) is 0 Å². The van der Waals surface area contributed by atoms with Crippen LogP contribution in [0.5, 0.6) is 0 Å². The molecule has 0 aromatic carbocycles. The molecule has 2 aliphatic carbocycles. The van der Waals surface area contributed by atoms with Gasteiger partial charge in [0.1, 0.15) is 5.60 Å². The lowest BCUT2D eigenvalue weighted by atomic mass is 9.76. The summed E-state index contributed by atoms with van der Waals surface area (Å²) < 4.78 is 15.7. The fourth-order valence-electron chi connectivity index (χ4n) is 4.60. The fraction of sp³-hybridized carbons (Fsp3) is 0.842. The standard InChI is InChI=1S/C19H28O6/c1-9-10(2)12-6-11(9)7-13(12)16(20)23-14-8-15(24-17(14)21)18(22)25-19(3,4)5/h9-15H,6-8H2,1-5H3. The lowest BCUT2D eigenvalue weighted by molar-refractivity contribution is -0.172. The highest BCUT2D eigenvalue weighted by Crippen LogP contribution is 2.55. The van der Waals surface area contributed by atoms with Gasteiger partial charge in [-0.3, -0.25) is 4.79 Å². The first-order valence-corrected chi connectivity index (χ1v) is 9.20. The number of rotatable bonds is 3. The molecule has 7 unspecified atom stereocenters. The van der Waals surface area contributed by atoms with Crippen LogP contribution in [-0.4, -0.2) is 35.7 Å². The summed E-state index contributed by atoms with van der Waals surface area (Å²) in [6, 6.07) is 0. The quantitative estimate of drug-likeness (QED) is 0.573. The predicted molar refractivity (Wildman–Crippen MR) is 88.3 cm³/mol. The van der Waals surface area contributed by atoms with Crippen molar-refractivity contribution in [3.05, 3.63) is 0 Å². The van der Waals surface area contributed by atoms with E-state index in [0.717, 1.165) is 12.8 Å². The molecule has 3 aliphatic rings. The molecule has 2 saturated carbocycles. The third-order valence-electron chi connectivity index (χ3n) is 6.08. The molecular formula is C19H28O6. The minimum Gasteiger partial charge on any atom is -0.457 e. The van der Waals surface area contributed by atoms with Gasteiger partial charge in [0.15, 0.2) is 0 Å². The summed E-state index contributed by atoms with van der Waals surface area (Å²) in [6.07, 6.45) is -0.0589. The summed E-state index contributed by atoms with van der Waals surface area (Å²) in [6.45, 7) is 9.68. The number of cyclic esters (lactones) is 1. The monoisotopic (exact) mass is 352 g/mol. The summed E-state index contributed by atoms with van der Waals surface area (Å²) >= 11 is 0. The Labute approximate surface area is 148 Å². The molecule has 2 bridgehead atoms. The van der Waals surface area contributed by atoms with Crippen molar-refractivity contribution in [3.8, 4) is 0 Å². The number of carbonyl (C=O) groups is 3. The molecule has 3 fully saturated rings. The first kappa shape index (κ1) is 18.2. The van der Waals surface area contributed by atoms with E-state index in [1.54, 1.807) is 20.8 Å². The molecule has 25 heavy (non-hydrogen) atoms. The number of esters is 3. The maximum Gasteiger partial charge on any atom is 0.348 e. The van der Waals surface area contributed by atoms with Gasteiger partial charge in [0.25, 0.3) is 0 Å². The zero-order valence-corrected chi connectivity index (χ0v) is 15.6. The minimum atomic E-state index is -1.00. The van der Waals surface area contributed by atoms with Crippen molar-refractivity contribution < 1.29 is 28.6 Å². The average molecular weight is 352 g/mol. The highest BCUT2D eigenvalue weighted by Gasteiger charge is 2.53. The Balaban J connectivity index is 1.56. The van der Waals surface area contributed by atoms with E-state index in [9.17, 15) is 14.4 Å². The summed E-state index contributed by atoms with van der Waals surface area (Å²) in [5, 5.41) is 0. The molecule has 0 spiro atoms. The smallest absolute Gasteiger partial charge is 0.348 e. The van der Waals surface area contributed by atoms with Crippen LogP contribution in [0.1, 0.15) is 53.9 Å². The number of hydrogen-bond acceptors (Lipinski definition) is 6. The normalized spacial score (nSPS) is 40.0. The van der Waals surface area contributed by atoms with Crippen LogP contribution >= 0.6 is 0 Å². The Morgan fingerprint density at radius 1 is 1.04 bits per heavy atom. The number of fused-ring (bicyclic) bond motifs is 2. The molecule has 6 heteroatoms. The molecule has 1 heterocycles. The molecule has 0 aromatic rings. The van der Waals surface area contributed by atoms with Gasteiger partial charge in [-0.15, -0.1) is 0 Å². The Morgan fingerprint density at radius 3 is 2.28 bits per heavy atom. The second-order valence-electron chi connectivity index (χ2n) is 8.84. The molecule has 0 aromatic heterocycles. The molecule has 3 rings (SSSR count). The van der Waals surface area contributed by atoms with E-state index in [4.69, 9.17) is 14.2 Å². The number of ether oxygens (including phenoxy) is 3. The number of hydrogen-bond donors (Lipinski definition) is 0. The van der Waals surface area contributed by atoms with Gasteiger partial charge in [-0.2, -0.15) is 0 Å². The molecule has 6 nitrogen and oxygen atoms in total. The zero-order valence-electron chi connectivity index (χ0n) is 15.6. The van der Waals surface area contributed by atoms with Gasteiger partial charge in [-0.1, -0.05) is 13.8 Å². The molecule has 7 atom stereocenters. The maximum atomic E-state index is 12.5. The van der Waals surface area contributed by atoms with Crippen molar-refractivity contribution in [1.29, 1.82) is 0 Å². The van der Waals surface area contributed by atoms with Crippen molar-refractivity contribution in [3.63, 3.8) is 0 Å². The highest BCUT2D eigenvalue weighted by atomic mass is 16.6. The SMILES string of the molecule is CC1C2CC(C(=O)OC3CC(C(=O)OC(C)(C)C)OC3=O)C(C2)C1C. The van der Waals surface area contributed by atoms with Crippen LogP contribution in [0.3, 0.4) is 0 Å². The lowest BCUT2D eigenvalue weighted by Crippen LogP contribution is -2.34. The maximum absolute atomic E-state index is 12.5. The van der Waals surface area contributed by atoms with E-state index in [2.05, 4.69) is 13.8 Å². The minimum absolute atomic E-state index is 0.0340. The van der Waals surface area contributed by atoms with E-state index in [0.29, 0.717) is 23.7 Å². The molecule has 140 valence electrons. The second kappa shape index (κ2) is 6.29. The van der Waals surface area contributed by atoms with Gasteiger partial charge in [-0.25, -0.2) is 9.59 Å². The van der Waals surface area contributed by atoms with Crippen LogP contribution < -0.4 is 0 Å². The van der Waals surface area contributed by atoms with Crippen molar-refractivity contribution >= 4 is 17.9 Å². The van der Waals surface area contributed by atoms with Gasteiger partial charge in [0, 0.05) is 6.42 Å². The molecule has 0 N–H and O–H groups in total. The van der Waals surface area contributed by atoms with Crippen LogP contribution in [0, 0.1) is 29.6 Å². The Hall–Kier alpha value is -1.59. The zero-order chi connectivity index (χ0) is 18.5. The van der Waals surface area contributed by atoms with E-state index in [1.807, 2.05) is 0 Å². The van der Waals surface area contributed by atoms with Crippen LogP contribution in [0.2, 0.25) is 0 Å². The van der Waals surface area contributed by atoms with Gasteiger partial charge < -0.3 is 14.2 Å². The molecule has 1 aliphatic heterocycles. The first-order chi connectivity index (χ1) is 11.6.